The van der Waals surface area contributed by atoms with Crippen LogP contribution >= 0.6 is 0 Å². The molecular weight excluding hydrogens is 326 g/mol. The van der Waals surface area contributed by atoms with E-state index < -0.39 is 0 Å². The predicted molar refractivity (Wildman–Crippen MR) is 110 cm³/mol. The molecule has 1 aromatic carbocycles. The monoisotopic (exact) mass is 363 g/mol. The maximum atomic E-state index is 10.6. The number of rotatable bonds is 9. The first-order valence-corrected chi connectivity index (χ1v) is 9.54. The Labute approximate surface area is 160 Å². The van der Waals surface area contributed by atoms with Gasteiger partial charge < -0.3 is 14.8 Å². The molecule has 1 rings (SSSR count). The lowest BCUT2D eigenvalue weighted by molar-refractivity contribution is -0.121. The second-order valence-corrected chi connectivity index (χ2v) is 5.09. The van der Waals surface area contributed by atoms with Crippen LogP contribution in [0.15, 0.2) is 24.3 Å². The van der Waals surface area contributed by atoms with Gasteiger partial charge >= 0.3 is 0 Å². The highest BCUT2D eigenvalue weighted by Gasteiger charge is 2.00. The van der Waals surface area contributed by atoms with Crippen molar-refractivity contribution in [1.29, 1.82) is 0 Å². The minimum absolute atomic E-state index is 0.0434. The van der Waals surface area contributed by atoms with Crippen LogP contribution in [0.3, 0.4) is 0 Å². The second kappa shape index (κ2) is 19.7. The van der Waals surface area contributed by atoms with Gasteiger partial charge in [-0.3, -0.25) is 4.79 Å². The molecule has 26 heavy (non-hydrogen) atoms. The summed E-state index contributed by atoms with van der Waals surface area (Å²) in [4.78, 5) is 10.6. The molecule has 1 N–H and O–H groups in total. The van der Waals surface area contributed by atoms with Gasteiger partial charge in [0.2, 0.25) is 0 Å². The van der Waals surface area contributed by atoms with E-state index in [1.54, 1.807) is 0 Å². The third-order valence-electron chi connectivity index (χ3n) is 3.13. The van der Waals surface area contributed by atoms with Crippen LogP contribution < -0.4 is 5.32 Å². The molecule has 4 nitrogen and oxygen atoms in total. The maximum Gasteiger partial charge on any atom is 0.155 e. The summed E-state index contributed by atoms with van der Waals surface area (Å²) < 4.78 is 10.5. The highest BCUT2D eigenvalue weighted by molar-refractivity contribution is 5.76. The van der Waals surface area contributed by atoms with Crippen LogP contribution in [0.5, 0.6) is 0 Å². The maximum absolute atomic E-state index is 10.6. The smallest absolute Gasteiger partial charge is 0.155 e. The number of benzene rings is 1. The van der Waals surface area contributed by atoms with Crippen molar-refractivity contribution in [3.8, 4) is 11.8 Å². The molecule has 1 aromatic rings. The minimum Gasteiger partial charge on any atom is -0.374 e. The van der Waals surface area contributed by atoms with E-state index in [9.17, 15) is 4.79 Å². The fourth-order valence-corrected chi connectivity index (χ4v) is 1.76. The van der Waals surface area contributed by atoms with Crippen molar-refractivity contribution in [2.45, 2.75) is 54.0 Å². The van der Waals surface area contributed by atoms with Crippen LogP contribution in [0.25, 0.3) is 0 Å². The molecule has 0 aromatic heterocycles. The molecule has 0 radical (unpaired) electrons. The SMILES string of the molecule is CC.CC.CNC(C)c1ccc(C#CCOCCCOCC(C)=O)cc1. The molecule has 0 spiro atoms. The average molecular weight is 364 g/mol. The Morgan fingerprint density at radius 1 is 1.08 bits per heavy atom. The van der Waals surface area contributed by atoms with Gasteiger partial charge in [-0.1, -0.05) is 51.7 Å². The molecule has 0 amide bonds. The minimum atomic E-state index is 0.0434. The summed E-state index contributed by atoms with van der Waals surface area (Å²) in [6.45, 7) is 13.3. The lowest BCUT2D eigenvalue weighted by atomic mass is 10.1. The summed E-state index contributed by atoms with van der Waals surface area (Å²) >= 11 is 0. The molecule has 4 heteroatoms. The summed E-state index contributed by atoms with van der Waals surface area (Å²) in [5, 5.41) is 3.20. The molecular formula is C22H37NO3. The second-order valence-electron chi connectivity index (χ2n) is 5.09. The van der Waals surface area contributed by atoms with Crippen molar-refractivity contribution in [3.63, 3.8) is 0 Å². The lowest BCUT2D eigenvalue weighted by Gasteiger charge is -2.09. The largest absolute Gasteiger partial charge is 0.374 e. The standard InChI is InChI=1S/C18H25NO3.2C2H6/c1-15(20)14-22-13-5-12-21-11-4-6-17-7-9-18(10-8-17)16(2)19-3;2*1-2/h7-10,16,19H,5,11-14H2,1-3H3;2*1-2H3. The quantitative estimate of drug-likeness (QED) is 0.522. The Balaban J connectivity index is 0. The van der Waals surface area contributed by atoms with Gasteiger partial charge in [0.15, 0.2) is 5.78 Å². The first kappa shape index (κ1) is 26.6. The van der Waals surface area contributed by atoms with Crippen molar-refractivity contribution in [2.24, 2.45) is 0 Å². The molecule has 0 aliphatic heterocycles. The zero-order chi connectivity index (χ0) is 20.2. The summed E-state index contributed by atoms with van der Waals surface area (Å²) in [6.07, 6.45) is 0.769. The van der Waals surface area contributed by atoms with E-state index in [2.05, 4.69) is 36.2 Å². The van der Waals surface area contributed by atoms with Crippen LogP contribution in [-0.4, -0.2) is 39.3 Å². The third kappa shape index (κ3) is 14.7. The summed E-state index contributed by atoms with van der Waals surface area (Å²) in [5.41, 5.74) is 2.23. The summed E-state index contributed by atoms with van der Waals surface area (Å²) in [7, 11) is 1.95. The van der Waals surface area contributed by atoms with E-state index in [4.69, 9.17) is 9.47 Å². The molecule has 0 bridgehead atoms. The predicted octanol–water partition coefficient (Wildman–Crippen LogP) is 4.38. The van der Waals surface area contributed by atoms with E-state index in [1.807, 2.05) is 46.9 Å². The van der Waals surface area contributed by atoms with E-state index in [0.717, 1.165) is 12.0 Å². The molecule has 0 aliphatic rings. The van der Waals surface area contributed by atoms with E-state index >= 15 is 0 Å². The van der Waals surface area contributed by atoms with Gasteiger partial charge in [-0.05, 0) is 45.0 Å². The number of ether oxygens (including phenoxy) is 2. The normalized spacial score (nSPS) is 10.3. The summed E-state index contributed by atoms with van der Waals surface area (Å²) in [6, 6.07) is 8.55. The Morgan fingerprint density at radius 3 is 2.19 bits per heavy atom. The Bertz CT molecular complexity index is 500. The molecule has 0 heterocycles. The van der Waals surface area contributed by atoms with Crippen LogP contribution in [-0.2, 0) is 14.3 Å². The molecule has 0 aliphatic carbocycles. The van der Waals surface area contributed by atoms with Crippen LogP contribution in [0, 0.1) is 11.8 Å². The first-order chi connectivity index (χ1) is 12.6. The van der Waals surface area contributed by atoms with Crippen molar-refractivity contribution >= 4 is 5.78 Å². The fraction of sp³-hybridized carbons (Fsp3) is 0.591. The molecule has 0 saturated heterocycles. The van der Waals surface area contributed by atoms with E-state index in [0.29, 0.717) is 25.9 Å². The molecule has 0 saturated carbocycles. The summed E-state index contributed by atoms with van der Waals surface area (Å²) in [5.74, 6) is 6.11. The number of carbonyl (C=O) groups is 1. The van der Waals surface area contributed by atoms with Crippen molar-refractivity contribution in [2.75, 3.05) is 33.5 Å². The zero-order valence-corrected chi connectivity index (χ0v) is 17.6. The van der Waals surface area contributed by atoms with Crippen molar-refractivity contribution in [3.05, 3.63) is 35.4 Å². The zero-order valence-electron chi connectivity index (χ0n) is 17.6. The third-order valence-corrected chi connectivity index (χ3v) is 3.13. The van der Waals surface area contributed by atoms with Gasteiger partial charge in [0, 0.05) is 18.2 Å². The number of Topliss-reactive ketones (excluding diaryl/α,β-unsaturated/α-hetero) is 1. The molecule has 1 unspecified atom stereocenters. The fourth-order valence-electron chi connectivity index (χ4n) is 1.76. The van der Waals surface area contributed by atoms with Gasteiger partial charge in [-0.2, -0.15) is 0 Å². The van der Waals surface area contributed by atoms with E-state index in [1.165, 1.54) is 12.5 Å². The van der Waals surface area contributed by atoms with Gasteiger partial charge in [-0.25, -0.2) is 0 Å². The van der Waals surface area contributed by atoms with Gasteiger partial charge in [0.1, 0.15) is 13.2 Å². The highest BCUT2D eigenvalue weighted by Crippen LogP contribution is 2.11. The molecule has 1 atom stereocenters. The Hall–Kier alpha value is -1.67. The Morgan fingerprint density at radius 2 is 1.65 bits per heavy atom. The number of carbonyl (C=O) groups excluding carboxylic acids is 1. The van der Waals surface area contributed by atoms with Crippen LogP contribution in [0.2, 0.25) is 0 Å². The van der Waals surface area contributed by atoms with Crippen molar-refractivity contribution < 1.29 is 14.3 Å². The molecule has 0 fully saturated rings. The Kier molecular flexibility index (Phi) is 20.1. The van der Waals surface area contributed by atoms with Gasteiger partial charge in [0.25, 0.3) is 0 Å². The first-order valence-electron chi connectivity index (χ1n) is 9.54. The number of ketones is 1. The number of nitrogens with one attached hydrogen (secondary N) is 1. The molecule has 148 valence electrons. The lowest BCUT2D eigenvalue weighted by Crippen LogP contribution is -2.11. The highest BCUT2D eigenvalue weighted by atomic mass is 16.5. The number of hydrogen-bond acceptors (Lipinski definition) is 4. The number of hydrogen-bond donors (Lipinski definition) is 1. The van der Waals surface area contributed by atoms with Crippen molar-refractivity contribution in [1.82, 2.24) is 5.32 Å². The van der Waals surface area contributed by atoms with Crippen LogP contribution in [0.1, 0.15) is 65.1 Å². The van der Waals surface area contributed by atoms with Gasteiger partial charge in [-0.15, -0.1) is 0 Å². The van der Waals surface area contributed by atoms with Gasteiger partial charge in [0.05, 0.1) is 6.61 Å². The van der Waals surface area contributed by atoms with Crippen LogP contribution in [0.4, 0.5) is 0 Å². The topological polar surface area (TPSA) is 47.6 Å². The van der Waals surface area contributed by atoms with E-state index in [-0.39, 0.29) is 12.4 Å². The average Bonchev–Trinajstić information content (AvgIpc) is 2.69.